The van der Waals surface area contributed by atoms with Crippen molar-refractivity contribution in [1.82, 2.24) is 14.5 Å². The molecule has 0 radical (unpaired) electrons. The van der Waals surface area contributed by atoms with Crippen LogP contribution in [-0.4, -0.2) is 61.8 Å². The van der Waals surface area contributed by atoms with Crippen LogP contribution in [0.25, 0.3) is 0 Å². The molecular weight excluding hydrogens is 443 g/mol. The number of halogens is 3. The van der Waals surface area contributed by atoms with Gasteiger partial charge in [-0.1, -0.05) is 19.9 Å². The molecule has 182 valence electrons. The third-order valence-corrected chi connectivity index (χ3v) is 7.65. The number of carbonyl (C=O) groups is 1. The lowest BCUT2D eigenvalue weighted by Gasteiger charge is -2.39. The van der Waals surface area contributed by atoms with Crippen molar-refractivity contribution in [2.24, 2.45) is 5.92 Å². The average Bonchev–Trinajstić information content (AvgIpc) is 2.70. The highest BCUT2D eigenvalue weighted by atomic mass is 32.2. The van der Waals surface area contributed by atoms with E-state index in [0.717, 1.165) is 12.1 Å². The molecule has 1 heterocycles. The number of rotatable bonds is 9. The van der Waals surface area contributed by atoms with Crippen LogP contribution in [0.5, 0.6) is 0 Å². The molecule has 1 aliphatic rings. The molecule has 0 aliphatic carbocycles. The number of hydrogen-bond acceptors (Lipinski definition) is 4. The molecule has 32 heavy (non-hydrogen) atoms. The van der Waals surface area contributed by atoms with Crippen LogP contribution in [0.3, 0.4) is 0 Å². The second-order valence-electron chi connectivity index (χ2n) is 8.98. The van der Waals surface area contributed by atoms with Crippen LogP contribution in [-0.2, 0) is 21.0 Å². The third-order valence-electron chi connectivity index (χ3n) is 5.53. The van der Waals surface area contributed by atoms with Crippen molar-refractivity contribution in [3.8, 4) is 0 Å². The van der Waals surface area contributed by atoms with E-state index in [1.54, 1.807) is 13.8 Å². The first-order valence-electron chi connectivity index (χ1n) is 11.0. The Labute approximate surface area is 189 Å². The Morgan fingerprint density at radius 2 is 1.81 bits per heavy atom. The molecule has 0 bridgehead atoms. The number of hydrogen-bond donors (Lipinski definition) is 1. The van der Waals surface area contributed by atoms with Gasteiger partial charge in [0, 0.05) is 31.6 Å². The van der Waals surface area contributed by atoms with E-state index in [1.165, 1.54) is 10.4 Å². The molecule has 0 aromatic heterocycles. The predicted molar refractivity (Wildman–Crippen MR) is 118 cm³/mol. The van der Waals surface area contributed by atoms with Crippen molar-refractivity contribution in [3.63, 3.8) is 0 Å². The minimum Gasteiger partial charge on any atom is -0.356 e. The Kier molecular flexibility index (Phi) is 9.13. The van der Waals surface area contributed by atoms with Gasteiger partial charge in [-0.25, -0.2) is 8.42 Å². The van der Waals surface area contributed by atoms with Gasteiger partial charge in [-0.05, 0) is 63.9 Å². The van der Waals surface area contributed by atoms with Crippen molar-refractivity contribution in [2.45, 2.75) is 70.1 Å². The lowest BCUT2D eigenvalue weighted by atomic mass is 10.0. The maximum absolute atomic E-state index is 13.3. The molecule has 2 rings (SSSR count). The fraction of sp³-hybridized carbons (Fsp3) is 0.682. The first-order chi connectivity index (χ1) is 14.8. The molecule has 1 aromatic rings. The van der Waals surface area contributed by atoms with Gasteiger partial charge in [0.15, 0.2) is 0 Å². The zero-order chi connectivity index (χ0) is 24.1. The summed E-state index contributed by atoms with van der Waals surface area (Å²) in [6.45, 7) is 10.0. The minimum absolute atomic E-state index is 0.00300. The molecule has 1 aromatic carbocycles. The number of alkyl halides is 3. The van der Waals surface area contributed by atoms with E-state index in [9.17, 15) is 26.4 Å². The van der Waals surface area contributed by atoms with Crippen molar-refractivity contribution in [3.05, 3.63) is 29.8 Å². The molecule has 1 amide bonds. The molecule has 0 spiro atoms. The predicted octanol–water partition coefficient (Wildman–Crippen LogP) is 3.73. The number of sulfonamides is 1. The SMILES string of the molecule is CC(C)CNC(=O)CCN1CCC(N(C(C)C)S(=O)(=O)c2cccc(C(F)(F)F)c2)CC1. The first kappa shape index (κ1) is 26.6. The molecule has 1 fully saturated rings. The van der Waals surface area contributed by atoms with E-state index in [1.807, 2.05) is 13.8 Å². The van der Waals surface area contributed by atoms with E-state index in [2.05, 4.69) is 10.2 Å². The summed E-state index contributed by atoms with van der Waals surface area (Å²) in [5.41, 5.74) is -0.979. The fourth-order valence-corrected chi connectivity index (χ4v) is 5.84. The van der Waals surface area contributed by atoms with Gasteiger partial charge in [-0.3, -0.25) is 4.79 Å². The zero-order valence-corrected chi connectivity index (χ0v) is 20.0. The Morgan fingerprint density at radius 1 is 1.19 bits per heavy atom. The number of benzene rings is 1. The van der Waals surface area contributed by atoms with Gasteiger partial charge in [0.05, 0.1) is 10.5 Å². The summed E-state index contributed by atoms with van der Waals surface area (Å²) < 4.78 is 67.1. The van der Waals surface area contributed by atoms with E-state index in [4.69, 9.17) is 0 Å². The topological polar surface area (TPSA) is 69.7 Å². The number of piperidine rings is 1. The smallest absolute Gasteiger partial charge is 0.356 e. The molecule has 0 saturated carbocycles. The third kappa shape index (κ3) is 7.18. The Bertz CT molecular complexity index is 865. The van der Waals surface area contributed by atoms with Gasteiger partial charge in [-0.2, -0.15) is 17.5 Å². The lowest BCUT2D eigenvalue weighted by Crippen LogP contribution is -2.50. The molecule has 0 unspecified atom stereocenters. The Morgan fingerprint density at radius 3 is 2.34 bits per heavy atom. The number of nitrogens with zero attached hydrogens (tertiary/aromatic N) is 2. The van der Waals surface area contributed by atoms with E-state index in [0.29, 0.717) is 57.4 Å². The van der Waals surface area contributed by atoms with E-state index < -0.39 is 27.8 Å². The van der Waals surface area contributed by atoms with Crippen molar-refractivity contribution in [1.29, 1.82) is 0 Å². The summed E-state index contributed by atoms with van der Waals surface area (Å²) in [5.74, 6) is 0.382. The fourth-order valence-electron chi connectivity index (χ4n) is 3.91. The standard InChI is InChI=1S/C22H34F3N3O3S/c1-16(2)15-26-21(29)10-13-27-11-8-19(9-12-27)28(17(3)4)32(30,31)20-7-5-6-18(14-20)22(23,24)25/h5-7,14,16-17,19H,8-13,15H2,1-4H3,(H,26,29). The number of amides is 1. The molecule has 0 atom stereocenters. The Hall–Kier alpha value is -1.65. The van der Waals surface area contributed by atoms with Gasteiger partial charge in [0.2, 0.25) is 15.9 Å². The molecule has 1 aliphatic heterocycles. The lowest BCUT2D eigenvalue weighted by molar-refractivity contribution is -0.137. The van der Waals surface area contributed by atoms with E-state index >= 15 is 0 Å². The highest BCUT2D eigenvalue weighted by Crippen LogP contribution is 2.33. The van der Waals surface area contributed by atoms with Crippen LogP contribution in [0.15, 0.2) is 29.2 Å². The first-order valence-corrected chi connectivity index (χ1v) is 12.5. The minimum atomic E-state index is -4.61. The van der Waals surface area contributed by atoms with Crippen molar-refractivity contribution >= 4 is 15.9 Å². The number of carbonyl (C=O) groups excluding carboxylic acids is 1. The van der Waals surface area contributed by atoms with Crippen LogP contribution < -0.4 is 5.32 Å². The molecule has 1 saturated heterocycles. The second-order valence-corrected chi connectivity index (χ2v) is 10.8. The van der Waals surface area contributed by atoms with Crippen LogP contribution >= 0.6 is 0 Å². The van der Waals surface area contributed by atoms with Gasteiger partial charge >= 0.3 is 6.18 Å². The summed E-state index contributed by atoms with van der Waals surface area (Å²) in [5, 5.41) is 2.88. The van der Waals surface area contributed by atoms with Gasteiger partial charge in [0.25, 0.3) is 0 Å². The summed E-state index contributed by atoms with van der Waals surface area (Å²) in [4.78, 5) is 13.7. The largest absolute Gasteiger partial charge is 0.416 e. The summed E-state index contributed by atoms with van der Waals surface area (Å²) >= 11 is 0. The normalized spacial score (nSPS) is 16.8. The molecule has 10 heteroatoms. The van der Waals surface area contributed by atoms with Crippen LogP contribution in [0.4, 0.5) is 13.2 Å². The average molecular weight is 478 g/mol. The summed E-state index contributed by atoms with van der Waals surface area (Å²) in [7, 11) is -4.09. The monoisotopic (exact) mass is 477 g/mol. The quantitative estimate of drug-likeness (QED) is 0.589. The van der Waals surface area contributed by atoms with Crippen molar-refractivity contribution < 1.29 is 26.4 Å². The highest BCUT2D eigenvalue weighted by molar-refractivity contribution is 7.89. The van der Waals surface area contributed by atoms with Crippen LogP contribution in [0, 0.1) is 5.92 Å². The highest BCUT2D eigenvalue weighted by Gasteiger charge is 2.37. The van der Waals surface area contributed by atoms with Gasteiger partial charge in [0.1, 0.15) is 0 Å². The van der Waals surface area contributed by atoms with Gasteiger partial charge in [-0.15, -0.1) is 0 Å². The summed E-state index contributed by atoms with van der Waals surface area (Å²) in [6, 6.07) is 3.21. The number of nitrogens with one attached hydrogen (secondary N) is 1. The van der Waals surface area contributed by atoms with E-state index in [-0.39, 0.29) is 16.8 Å². The zero-order valence-electron chi connectivity index (χ0n) is 19.2. The molecular formula is C22H34F3N3O3S. The molecule has 1 N–H and O–H groups in total. The van der Waals surface area contributed by atoms with Crippen LogP contribution in [0.1, 0.15) is 52.5 Å². The van der Waals surface area contributed by atoms with Crippen molar-refractivity contribution in [2.75, 3.05) is 26.2 Å². The Balaban J connectivity index is 2.04. The molecule has 6 nitrogen and oxygen atoms in total. The van der Waals surface area contributed by atoms with Crippen LogP contribution in [0.2, 0.25) is 0 Å². The number of likely N-dealkylation sites (tertiary alicyclic amines) is 1. The maximum atomic E-state index is 13.3. The van der Waals surface area contributed by atoms with Gasteiger partial charge < -0.3 is 10.2 Å². The maximum Gasteiger partial charge on any atom is 0.416 e. The second kappa shape index (κ2) is 11.0. The summed E-state index contributed by atoms with van der Waals surface area (Å²) in [6.07, 6.45) is -3.11.